The number of likely N-dealkylation sites (N-methyl/N-ethyl adjacent to an activating group) is 1. The molecule has 0 saturated heterocycles. The quantitative estimate of drug-likeness (QED) is 0.798. The number of carbonyl (C=O) groups excluding carboxylic acids is 1. The number of benzene rings is 1. The van der Waals surface area contributed by atoms with Gasteiger partial charge in [-0.2, -0.15) is 0 Å². The second-order valence-corrected chi connectivity index (χ2v) is 4.35. The van der Waals surface area contributed by atoms with Gasteiger partial charge in [-0.25, -0.2) is 0 Å². The average molecular weight is 250 g/mol. The molecule has 1 atom stereocenters. The van der Waals surface area contributed by atoms with Gasteiger partial charge in [0.25, 0.3) is 0 Å². The van der Waals surface area contributed by atoms with E-state index in [9.17, 15) is 9.59 Å². The van der Waals surface area contributed by atoms with E-state index < -0.39 is 11.9 Å². The molecule has 0 aliphatic heterocycles. The maximum atomic E-state index is 11.7. The summed E-state index contributed by atoms with van der Waals surface area (Å²) in [7, 11) is 1.73. The van der Waals surface area contributed by atoms with Crippen LogP contribution in [0.25, 0.3) is 0 Å². The van der Waals surface area contributed by atoms with E-state index >= 15 is 0 Å². The van der Waals surface area contributed by atoms with E-state index in [2.05, 4.69) is 5.32 Å². The Bertz CT molecular complexity index is 406. The van der Waals surface area contributed by atoms with Gasteiger partial charge in [0.15, 0.2) is 0 Å². The Morgan fingerprint density at radius 2 is 1.94 bits per heavy atom. The van der Waals surface area contributed by atoms with Gasteiger partial charge in [-0.3, -0.25) is 14.5 Å². The minimum Gasteiger partial charge on any atom is -0.481 e. The van der Waals surface area contributed by atoms with Gasteiger partial charge in [-0.15, -0.1) is 0 Å². The number of hydrogen-bond donors (Lipinski definition) is 2. The van der Waals surface area contributed by atoms with Crippen LogP contribution in [0.15, 0.2) is 30.3 Å². The summed E-state index contributed by atoms with van der Waals surface area (Å²) in [6.07, 6.45) is 0. The Balaban J connectivity index is 2.38. The fourth-order valence-corrected chi connectivity index (χ4v) is 1.58. The van der Waals surface area contributed by atoms with Crippen molar-refractivity contribution < 1.29 is 14.7 Å². The Kier molecular flexibility index (Phi) is 5.32. The van der Waals surface area contributed by atoms with Gasteiger partial charge in [0.2, 0.25) is 5.91 Å². The molecule has 1 unspecified atom stereocenters. The number of amides is 1. The predicted octanol–water partition coefficient (Wildman–Crippen LogP) is 1.28. The standard InChI is InChI=1S/C13H18N2O3/c1-10(13(17)18)8-15(2)9-12(16)14-11-6-4-3-5-7-11/h3-7,10H,8-9H2,1-2H3,(H,14,16)(H,17,18). The Morgan fingerprint density at radius 3 is 2.50 bits per heavy atom. The molecule has 1 aromatic rings. The molecule has 1 aromatic carbocycles. The van der Waals surface area contributed by atoms with Gasteiger partial charge in [0.05, 0.1) is 12.5 Å². The largest absolute Gasteiger partial charge is 0.481 e. The van der Waals surface area contributed by atoms with Crippen molar-refractivity contribution in [3.63, 3.8) is 0 Å². The van der Waals surface area contributed by atoms with Crippen molar-refractivity contribution in [2.45, 2.75) is 6.92 Å². The highest BCUT2D eigenvalue weighted by molar-refractivity contribution is 5.92. The van der Waals surface area contributed by atoms with Crippen LogP contribution in [0.5, 0.6) is 0 Å². The van der Waals surface area contributed by atoms with Crippen molar-refractivity contribution in [1.82, 2.24) is 4.90 Å². The zero-order valence-electron chi connectivity index (χ0n) is 10.6. The monoisotopic (exact) mass is 250 g/mol. The molecule has 5 heteroatoms. The van der Waals surface area contributed by atoms with Crippen LogP contribution >= 0.6 is 0 Å². The van der Waals surface area contributed by atoms with Crippen molar-refractivity contribution in [3.8, 4) is 0 Å². The van der Waals surface area contributed by atoms with Gasteiger partial charge in [-0.1, -0.05) is 25.1 Å². The van der Waals surface area contributed by atoms with E-state index in [0.717, 1.165) is 5.69 Å². The molecule has 0 aliphatic carbocycles. The van der Waals surface area contributed by atoms with Crippen molar-refractivity contribution >= 4 is 17.6 Å². The number of hydrogen-bond acceptors (Lipinski definition) is 3. The molecular formula is C13H18N2O3. The molecule has 2 N–H and O–H groups in total. The number of carbonyl (C=O) groups is 2. The van der Waals surface area contributed by atoms with Crippen LogP contribution in [0.1, 0.15) is 6.92 Å². The van der Waals surface area contributed by atoms with Gasteiger partial charge in [-0.05, 0) is 19.2 Å². The van der Waals surface area contributed by atoms with E-state index in [-0.39, 0.29) is 12.5 Å². The van der Waals surface area contributed by atoms with Crippen molar-refractivity contribution in [3.05, 3.63) is 30.3 Å². The van der Waals surface area contributed by atoms with Crippen LogP contribution in [0, 0.1) is 5.92 Å². The topological polar surface area (TPSA) is 69.6 Å². The van der Waals surface area contributed by atoms with Gasteiger partial charge >= 0.3 is 5.97 Å². The van der Waals surface area contributed by atoms with Gasteiger partial charge in [0.1, 0.15) is 0 Å². The fraction of sp³-hybridized carbons (Fsp3) is 0.385. The number of nitrogens with one attached hydrogen (secondary N) is 1. The summed E-state index contributed by atoms with van der Waals surface area (Å²) in [5.74, 6) is -1.49. The van der Waals surface area contributed by atoms with Gasteiger partial charge < -0.3 is 10.4 Å². The summed E-state index contributed by atoms with van der Waals surface area (Å²) in [5, 5.41) is 11.5. The third-order valence-electron chi connectivity index (χ3n) is 2.48. The Morgan fingerprint density at radius 1 is 1.33 bits per heavy atom. The molecule has 1 amide bonds. The summed E-state index contributed by atoms with van der Waals surface area (Å²) >= 11 is 0. The number of anilines is 1. The van der Waals surface area contributed by atoms with Crippen LogP contribution in [-0.2, 0) is 9.59 Å². The summed E-state index contributed by atoms with van der Waals surface area (Å²) in [6.45, 7) is 2.14. The second kappa shape index (κ2) is 6.76. The number of aliphatic carboxylic acids is 1. The zero-order valence-corrected chi connectivity index (χ0v) is 10.6. The fourth-order valence-electron chi connectivity index (χ4n) is 1.58. The second-order valence-electron chi connectivity index (χ2n) is 4.35. The first kappa shape index (κ1) is 14.2. The number of para-hydroxylation sites is 1. The lowest BCUT2D eigenvalue weighted by molar-refractivity contribution is -0.141. The molecule has 0 saturated carbocycles. The molecule has 0 radical (unpaired) electrons. The molecule has 0 spiro atoms. The van der Waals surface area contributed by atoms with Gasteiger partial charge in [0, 0.05) is 12.2 Å². The van der Waals surface area contributed by atoms with Crippen molar-refractivity contribution in [2.24, 2.45) is 5.92 Å². The summed E-state index contributed by atoms with van der Waals surface area (Å²) in [6, 6.07) is 9.16. The average Bonchev–Trinajstić information content (AvgIpc) is 2.29. The third-order valence-corrected chi connectivity index (χ3v) is 2.48. The van der Waals surface area contributed by atoms with E-state index in [4.69, 9.17) is 5.11 Å². The Labute approximate surface area is 106 Å². The van der Waals surface area contributed by atoms with E-state index in [0.29, 0.717) is 6.54 Å². The summed E-state index contributed by atoms with van der Waals surface area (Å²) in [4.78, 5) is 24.0. The van der Waals surface area contributed by atoms with Crippen LogP contribution in [-0.4, -0.2) is 42.0 Å². The van der Waals surface area contributed by atoms with Crippen LogP contribution in [0.2, 0.25) is 0 Å². The zero-order chi connectivity index (χ0) is 13.5. The first-order valence-corrected chi connectivity index (χ1v) is 5.75. The minimum absolute atomic E-state index is 0.152. The number of carboxylic acid groups (broad SMARTS) is 1. The summed E-state index contributed by atoms with van der Waals surface area (Å²) < 4.78 is 0. The predicted molar refractivity (Wildman–Crippen MR) is 69.4 cm³/mol. The molecule has 98 valence electrons. The van der Waals surface area contributed by atoms with E-state index in [1.807, 2.05) is 18.2 Å². The maximum absolute atomic E-state index is 11.7. The lowest BCUT2D eigenvalue weighted by Gasteiger charge is -2.18. The van der Waals surface area contributed by atoms with Crippen molar-refractivity contribution in [2.75, 3.05) is 25.5 Å². The highest BCUT2D eigenvalue weighted by atomic mass is 16.4. The molecule has 0 aliphatic rings. The lowest BCUT2D eigenvalue weighted by Crippen LogP contribution is -2.35. The molecule has 18 heavy (non-hydrogen) atoms. The third kappa shape index (κ3) is 4.97. The molecule has 0 bridgehead atoms. The molecular weight excluding hydrogens is 232 g/mol. The first-order chi connectivity index (χ1) is 8.49. The SMILES string of the molecule is CC(CN(C)CC(=O)Nc1ccccc1)C(=O)O. The number of rotatable bonds is 6. The highest BCUT2D eigenvalue weighted by Gasteiger charge is 2.15. The molecule has 0 fully saturated rings. The van der Waals surface area contributed by atoms with E-state index in [1.54, 1.807) is 31.0 Å². The van der Waals surface area contributed by atoms with Crippen LogP contribution in [0.3, 0.4) is 0 Å². The van der Waals surface area contributed by atoms with E-state index in [1.165, 1.54) is 0 Å². The number of nitrogens with zero attached hydrogens (tertiary/aromatic N) is 1. The van der Waals surface area contributed by atoms with Crippen molar-refractivity contribution in [1.29, 1.82) is 0 Å². The first-order valence-electron chi connectivity index (χ1n) is 5.75. The normalized spacial score (nSPS) is 12.2. The minimum atomic E-state index is -0.856. The maximum Gasteiger partial charge on any atom is 0.307 e. The van der Waals surface area contributed by atoms with Crippen LogP contribution < -0.4 is 5.32 Å². The summed E-state index contributed by atoms with van der Waals surface area (Å²) in [5.41, 5.74) is 0.738. The smallest absolute Gasteiger partial charge is 0.307 e. The molecule has 0 aromatic heterocycles. The Hall–Kier alpha value is -1.88. The molecule has 5 nitrogen and oxygen atoms in total. The molecule has 0 heterocycles. The number of carboxylic acids is 1. The van der Waals surface area contributed by atoms with Crippen LogP contribution in [0.4, 0.5) is 5.69 Å². The molecule has 1 rings (SSSR count). The lowest BCUT2D eigenvalue weighted by atomic mass is 10.2. The highest BCUT2D eigenvalue weighted by Crippen LogP contribution is 2.05.